The normalized spacial score (nSPS) is 44.4. The zero-order valence-corrected chi connectivity index (χ0v) is 50.0. The Kier molecular flexibility index (Phi) is 23.4. The van der Waals surface area contributed by atoms with Gasteiger partial charge in [-0.3, -0.25) is 8.98 Å². The molecule has 420 valence electrons. The van der Waals surface area contributed by atoms with Crippen molar-refractivity contribution in [1.29, 1.82) is 0 Å². The summed E-state index contributed by atoms with van der Waals surface area (Å²) in [6, 6.07) is 0. The Morgan fingerprint density at radius 3 is 2.13 bits per heavy atom. The molecule has 7 rings (SSSR count). The van der Waals surface area contributed by atoms with Crippen LogP contribution in [0.5, 0.6) is 0 Å². The summed E-state index contributed by atoms with van der Waals surface area (Å²) in [6.45, 7) is 10.2. The molecule has 0 aromatic heterocycles. The van der Waals surface area contributed by atoms with Gasteiger partial charge in [-0.05, 0) is 98.2 Å². The van der Waals surface area contributed by atoms with Crippen molar-refractivity contribution in [2.24, 2.45) is 52.3 Å². The molecule has 23 nitrogen and oxygen atoms in total. The smallest absolute Gasteiger partial charge is 0.748 e. The summed E-state index contributed by atoms with van der Waals surface area (Å²) >= 11 is 0. The Morgan fingerprint density at radius 1 is 0.840 bits per heavy atom. The number of nitrogens with one attached hydrogen (secondary N) is 1. The molecule has 6 fully saturated rings. The van der Waals surface area contributed by atoms with Gasteiger partial charge in [0.05, 0.1) is 47.4 Å². The van der Waals surface area contributed by atoms with E-state index in [-0.39, 0.29) is 119 Å². The Balaban J connectivity index is 0.00000520. The molecule has 3 saturated heterocycles. The largest absolute Gasteiger partial charge is 1.00 e. The number of carbonyl (C=O) groups excluding carboxylic acids is 1. The third-order valence-electron chi connectivity index (χ3n) is 17.7. The van der Waals surface area contributed by atoms with Gasteiger partial charge in [0.1, 0.15) is 61.0 Å². The first kappa shape index (κ1) is 66.0. The van der Waals surface area contributed by atoms with E-state index < -0.39 is 155 Å². The fourth-order valence-electron chi connectivity index (χ4n) is 13.4. The standard InChI is InChI=1S/C48H79NO22S2.2Na/c1-22(24(3)43(57)49-16-17-72(58,59)60)8-9-23(2)28-10-11-29-27-19-33(31-18-26(71-73(61,62)63)12-14-48(31,6)30(27)13-15-47(28,29)5)67-45-39(56)41(37(54)34(20-50)68-45)69-46-42(36(53)32(51)21-65-46)70-44-38(55)40(64-7)35(52)25(4)66-44;;/h8-9,13,22-29,31-42,44-46,50-56H,10-12,14-21H2,1-7H3,(H,49,57)(H,58,59,60)(H,61,62,63);;/q;2*+1/p-2/b9-8+;;/t22-,23-,24-,25-,26+,27+,28-,29+,31-,32-,33+,34-,35-,36+,37-,38-,39-,40+,41+,42-,44+,45-,46+,47-,48-;;/m1../s1. The van der Waals surface area contributed by atoms with E-state index >= 15 is 0 Å². The number of rotatable bonds is 18. The molecule has 0 aromatic rings. The van der Waals surface area contributed by atoms with Gasteiger partial charge in [-0.25, -0.2) is 16.8 Å². The van der Waals surface area contributed by atoms with E-state index in [1.54, 1.807) is 6.92 Å². The van der Waals surface area contributed by atoms with Crippen LogP contribution in [0.1, 0.15) is 86.5 Å². The van der Waals surface area contributed by atoms with Gasteiger partial charge < -0.3 is 83.3 Å². The topological polar surface area (TPSA) is 359 Å². The number of fused-ring (bicyclic) bond motifs is 5. The van der Waals surface area contributed by atoms with E-state index in [0.717, 1.165) is 19.3 Å². The first-order valence-electron chi connectivity index (χ1n) is 25.5. The van der Waals surface area contributed by atoms with Gasteiger partial charge >= 0.3 is 59.1 Å². The number of aliphatic hydroxyl groups is 7. The average molecular weight is 1130 g/mol. The first-order chi connectivity index (χ1) is 34.1. The predicted octanol–water partition coefficient (Wildman–Crippen LogP) is -6.69. The van der Waals surface area contributed by atoms with E-state index in [9.17, 15) is 66.5 Å². The van der Waals surface area contributed by atoms with Crippen molar-refractivity contribution < 1.29 is 163 Å². The number of ether oxygens (including phenoxy) is 7. The summed E-state index contributed by atoms with van der Waals surface area (Å²) in [5.74, 6) is -1.84. The Labute approximate surface area is 484 Å². The molecule has 0 radical (unpaired) electrons. The maximum Gasteiger partial charge on any atom is 1.00 e. The molecule has 0 aromatic carbocycles. The van der Waals surface area contributed by atoms with Crippen LogP contribution in [-0.4, -0.2) is 198 Å². The van der Waals surface area contributed by atoms with Crippen LogP contribution in [0.3, 0.4) is 0 Å². The van der Waals surface area contributed by atoms with Crippen LogP contribution in [0.25, 0.3) is 0 Å². The fraction of sp³-hybridized carbons (Fsp3) is 0.896. The van der Waals surface area contributed by atoms with Gasteiger partial charge in [0.2, 0.25) is 16.3 Å². The number of allylic oxidation sites excluding steroid dienone is 4. The van der Waals surface area contributed by atoms with Gasteiger partial charge in [0.25, 0.3) is 0 Å². The number of amides is 1. The minimum absolute atomic E-state index is 0. The van der Waals surface area contributed by atoms with E-state index in [2.05, 4.69) is 38.2 Å². The molecule has 3 aliphatic heterocycles. The number of hydrogen-bond donors (Lipinski definition) is 8. The van der Waals surface area contributed by atoms with Crippen molar-refractivity contribution in [3.63, 3.8) is 0 Å². The maximum absolute atomic E-state index is 12.8. The van der Waals surface area contributed by atoms with Crippen LogP contribution in [0.4, 0.5) is 0 Å². The zero-order chi connectivity index (χ0) is 53.7. The van der Waals surface area contributed by atoms with E-state index in [1.807, 2.05) is 13.0 Å². The van der Waals surface area contributed by atoms with Crippen LogP contribution in [-0.2, 0) is 62.7 Å². The Morgan fingerprint density at radius 2 is 1.49 bits per heavy atom. The average Bonchev–Trinajstić information content (AvgIpc) is 3.68. The van der Waals surface area contributed by atoms with E-state index in [1.165, 1.54) is 19.6 Å². The molecule has 3 saturated carbocycles. The Hall–Kier alpha value is 0.170. The van der Waals surface area contributed by atoms with Crippen molar-refractivity contribution in [3.8, 4) is 0 Å². The first-order valence-corrected chi connectivity index (χ1v) is 28.4. The van der Waals surface area contributed by atoms with Crippen molar-refractivity contribution in [2.75, 3.05) is 32.6 Å². The van der Waals surface area contributed by atoms with Crippen LogP contribution in [0.2, 0.25) is 0 Å². The van der Waals surface area contributed by atoms with Crippen molar-refractivity contribution in [1.82, 2.24) is 5.32 Å². The van der Waals surface area contributed by atoms with Crippen LogP contribution in [0.15, 0.2) is 23.8 Å². The van der Waals surface area contributed by atoms with Gasteiger partial charge in [0, 0.05) is 19.6 Å². The van der Waals surface area contributed by atoms with Gasteiger partial charge in [-0.15, -0.1) is 0 Å². The van der Waals surface area contributed by atoms with Crippen molar-refractivity contribution >= 4 is 26.4 Å². The molecular weight excluding hydrogens is 1050 g/mol. The van der Waals surface area contributed by atoms with Crippen molar-refractivity contribution in [3.05, 3.63) is 23.8 Å². The molecule has 0 unspecified atom stereocenters. The number of hydrogen-bond acceptors (Lipinski definition) is 22. The molecule has 1 amide bonds. The fourth-order valence-corrected chi connectivity index (χ4v) is 14.2. The number of carbonyl (C=O) groups is 1. The minimum atomic E-state index is -5.09. The predicted molar refractivity (Wildman–Crippen MR) is 251 cm³/mol. The minimum Gasteiger partial charge on any atom is -0.748 e. The van der Waals surface area contributed by atoms with Crippen LogP contribution < -0.4 is 64.4 Å². The second-order valence-electron chi connectivity index (χ2n) is 22.1. The van der Waals surface area contributed by atoms with Crippen LogP contribution >= 0.6 is 0 Å². The van der Waals surface area contributed by atoms with Crippen LogP contribution in [0, 0.1) is 52.3 Å². The number of methoxy groups -OCH3 is 1. The van der Waals surface area contributed by atoms with Crippen molar-refractivity contribution in [2.45, 2.75) is 185 Å². The van der Waals surface area contributed by atoms with E-state index in [0.29, 0.717) is 12.8 Å². The quantitative estimate of drug-likeness (QED) is 0.0274. The molecule has 4 aliphatic carbocycles. The summed E-state index contributed by atoms with van der Waals surface area (Å²) in [5.41, 5.74) is 0.399. The Bertz CT molecular complexity index is 2200. The third kappa shape index (κ3) is 14.5. The summed E-state index contributed by atoms with van der Waals surface area (Å²) in [4.78, 5) is 12.8. The maximum atomic E-state index is 12.8. The van der Waals surface area contributed by atoms with Gasteiger partial charge in [0.15, 0.2) is 18.9 Å². The van der Waals surface area contributed by atoms with E-state index in [4.69, 9.17) is 37.3 Å². The molecular formula is C48H77NNa2O22S2. The molecule has 75 heavy (non-hydrogen) atoms. The van der Waals surface area contributed by atoms with Gasteiger partial charge in [-0.2, -0.15) is 0 Å². The third-order valence-corrected chi connectivity index (χ3v) is 18.9. The summed E-state index contributed by atoms with van der Waals surface area (Å²) in [5, 5.41) is 80.1. The molecule has 0 bridgehead atoms. The monoisotopic (exact) mass is 1130 g/mol. The molecule has 8 N–H and O–H groups in total. The summed E-state index contributed by atoms with van der Waals surface area (Å²) in [7, 11) is -8.29. The molecule has 3 heterocycles. The molecule has 27 heteroatoms. The second kappa shape index (κ2) is 26.6. The molecule has 25 atom stereocenters. The SMILES string of the molecule is CO[C@@H]1[C@@H](O)[C@H](O[C@H]2[C@H](O[C@@H]3[C@@H](O)[C@H](O[C@H]4C[C@@H]5C(=CC[C@]6(C)[C@@H]([C@H](C)/C=C/[C@@H](C)[C@@H](C)C(=O)NCCS(=O)(=O)[O-])CC[C@@H]56)[C@@]5(C)CC[C@H](OS(=O)(=O)[O-])C[C@H]45)O[C@H](CO)[C@H]3O)OC[C@@H](O)[C@@H]2O)O[C@H](C)[C@H]1O.[Na+].[Na+]. The number of aliphatic hydroxyl groups excluding tert-OH is 7. The second-order valence-corrected chi connectivity index (χ2v) is 24.6. The van der Waals surface area contributed by atoms with Gasteiger partial charge in [-0.1, -0.05) is 58.4 Å². The molecule has 7 aliphatic rings. The summed E-state index contributed by atoms with van der Waals surface area (Å²) in [6.07, 6.45) is -12.8. The molecule has 0 spiro atoms. The zero-order valence-electron chi connectivity index (χ0n) is 44.4. The summed E-state index contributed by atoms with van der Waals surface area (Å²) < 4.78 is 116.